The Morgan fingerprint density at radius 1 is 0.760 bits per heavy atom. The quantitative estimate of drug-likeness (QED) is 0.842. The van der Waals surface area contributed by atoms with Crippen LogP contribution in [0.1, 0.15) is 24.8 Å². The molecule has 130 valence electrons. The Morgan fingerprint density at radius 2 is 1.24 bits per heavy atom. The molecule has 2 aromatic rings. The van der Waals surface area contributed by atoms with E-state index in [1.165, 1.54) is 19.3 Å². The van der Waals surface area contributed by atoms with Gasteiger partial charge in [-0.3, -0.25) is 9.59 Å². The molecule has 1 fully saturated rings. The predicted octanol–water partition coefficient (Wildman–Crippen LogP) is 3.56. The van der Waals surface area contributed by atoms with Gasteiger partial charge in [0.25, 0.3) is 0 Å². The van der Waals surface area contributed by atoms with Crippen molar-refractivity contribution >= 4 is 28.9 Å². The first-order chi connectivity index (χ1) is 12.1. The summed E-state index contributed by atoms with van der Waals surface area (Å²) in [6.45, 7) is 4.11. The van der Waals surface area contributed by atoms with Gasteiger partial charge in [-0.1, -0.05) is 17.7 Å². The van der Waals surface area contributed by atoms with E-state index in [1.807, 2.05) is 43.3 Å². The molecule has 2 amide bonds. The van der Waals surface area contributed by atoms with Gasteiger partial charge >= 0.3 is 11.8 Å². The number of carbonyl (C=O) groups excluding carboxylic acids is 2. The highest BCUT2D eigenvalue weighted by atomic mass is 16.2. The lowest BCUT2D eigenvalue weighted by atomic mass is 10.1. The molecule has 0 aliphatic carbocycles. The van der Waals surface area contributed by atoms with Crippen molar-refractivity contribution in [1.29, 1.82) is 0 Å². The Labute approximate surface area is 148 Å². The number of amides is 2. The van der Waals surface area contributed by atoms with E-state index in [2.05, 4.69) is 15.5 Å². The van der Waals surface area contributed by atoms with Crippen LogP contribution in [0.5, 0.6) is 0 Å². The highest BCUT2D eigenvalue weighted by Gasteiger charge is 2.15. The third-order valence-electron chi connectivity index (χ3n) is 4.36. The molecule has 1 aliphatic rings. The molecular formula is C20H23N3O2. The number of nitrogens with one attached hydrogen (secondary N) is 2. The Balaban J connectivity index is 1.56. The topological polar surface area (TPSA) is 61.4 Å². The highest BCUT2D eigenvalue weighted by molar-refractivity contribution is 6.43. The van der Waals surface area contributed by atoms with Crippen LogP contribution in [0, 0.1) is 6.92 Å². The number of aryl methyl sites for hydroxylation is 1. The summed E-state index contributed by atoms with van der Waals surface area (Å²) in [5, 5.41) is 5.23. The molecule has 0 saturated carbocycles. The summed E-state index contributed by atoms with van der Waals surface area (Å²) in [5.74, 6) is -1.35. The van der Waals surface area contributed by atoms with Crippen molar-refractivity contribution in [2.75, 3.05) is 28.6 Å². The van der Waals surface area contributed by atoms with Crippen LogP contribution >= 0.6 is 0 Å². The van der Waals surface area contributed by atoms with E-state index in [1.54, 1.807) is 12.1 Å². The van der Waals surface area contributed by atoms with Crippen LogP contribution in [-0.4, -0.2) is 24.9 Å². The van der Waals surface area contributed by atoms with Gasteiger partial charge in [0.1, 0.15) is 0 Å². The lowest BCUT2D eigenvalue weighted by Crippen LogP contribution is -2.30. The van der Waals surface area contributed by atoms with Crippen molar-refractivity contribution in [3.05, 3.63) is 54.1 Å². The maximum atomic E-state index is 12.0. The molecule has 2 N–H and O–H groups in total. The zero-order chi connectivity index (χ0) is 17.6. The maximum absolute atomic E-state index is 12.0. The van der Waals surface area contributed by atoms with E-state index >= 15 is 0 Å². The second kappa shape index (κ2) is 7.83. The number of benzene rings is 2. The maximum Gasteiger partial charge on any atom is 0.314 e. The normalized spacial score (nSPS) is 14.0. The standard InChI is InChI=1S/C20H23N3O2/c1-15-5-7-16(8-6-15)21-19(24)20(25)22-17-9-11-18(12-10-17)23-13-3-2-4-14-23/h5-12H,2-4,13-14H2,1H3,(H,21,24)(H,22,25). The zero-order valence-electron chi connectivity index (χ0n) is 14.4. The first kappa shape index (κ1) is 17.0. The van der Waals surface area contributed by atoms with Crippen molar-refractivity contribution in [3.8, 4) is 0 Å². The second-order valence-corrected chi connectivity index (χ2v) is 6.37. The van der Waals surface area contributed by atoms with Gasteiger partial charge in [0, 0.05) is 30.2 Å². The van der Waals surface area contributed by atoms with Gasteiger partial charge in [-0.15, -0.1) is 0 Å². The molecule has 3 rings (SSSR count). The van der Waals surface area contributed by atoms with E-state index in [0.29, 0.717) is 11.4 Å². The fourth-order valence-electron chi connectivity index (χ4n) is 2.92. The lowest BCUT2D eigenvalue weighted by molar-refractivity contribution is -0.132. The van der Waals surface area contributed by atoms with E-state index in [9.17, 15) is 9.59 Å². The van der Waals surface area contributed by atoms with E-state index in [-0.39, 0.29) is 0 Å². The number of piperidine rings is 1. The van der Waals surface area contributed by atoms with Gasteiger partial charge in [0.05, 0.1) is 0 Å². The van der Waals surface area contributed by atoms with Crippen LogP contribution in [0.15, 0.2) is 48.5 Å². The van der Waals surface area contributed by atoms with Crippen molar-refractivity contribution < 1.29 is 9.59 Å². The number of carbonyl (C=O) groups is 2. The highest BCUT2D eigenvalue weighted by Crippen LogP contribution is 2.21. The summed E-state index contributed by atoms with van der Waals surface area (Å²) in [4.78, 5) is 26.4. The van der Waals surface area contributed by atoms with Crippen LogP contribution in [0.3, 0.4) is 0 Å². The predicted molar refractivity (Wildman–Crippen MR) is 101 cm³/mol. The van der Waals surface area contributed by atoms with Crippen LogP contribution < -0.4 is 15.5 Å². The van der Waals surface area contributed by atoms with Crippen LogP contribution in [0.4, 0.5) is 17.1 Å². The number of hydrogen-bond donors (Lipinski definition) is 2. The Kier molecular flexibility index (Phi) is 5.33. The van der Waals surface area contributed by atoms with Crippen LogP contribution in [-0.2, 0) is 9.59 Å². The second-order valence-electron chi connectivity index (χ2n) is 6.37. The fraction of sp³-hybridized carbons (Fsp3) is 0.300. The van der Waals surface area contributed by atoms with E-state index in [4.69, 9.17) is 0 Å². The average Bonchev–Trinajstić information content (AvgIpc) is 2.65. The molecule has 0 radical (unpaired) electrons. The number of hydrogen-bond acceptors (Lipinski definition) is 3. The van der Waals surface area contributed by atoms with Gasteiger partial charge in [-0.2, -0.15) is 0 Å². The first-order valence-electron chi connectivity index (χ1n) is 8.66. The molecule has 1 aliphatic heterocycles. The SMILES string of the molecule is Cc1ccc(NC(=O)C(=O)Nc2ccc(N3CCCCC3)cc2)cc1. The summed E-state index contributed by atoms with van der Waals surface area (Å²) in [6.07, 6.45) is 3.73. The molecule has 1 heterocycles. The minimum Gasteiger partial charge on any atom is -0.372 e. The van der Waals surface area contributed by atoms with Crippen LogP contribution in [0.25, 0.3) is 0 Å². The summed E-state index contributed by atoms with van der Waals surface area (Å²) >= 11 is 0. The molecule has 5 heteroatoms. The van der Waals surface area contributed by atoms with Crippen molar-refractivity contribution in [1.82, 2.24) is 0 Å². The van der Waals surface area contributed by atoms with Crippen LogP contribution in [0.2, 0.25) is 0 Å². The van der Waals surface area contributed by atoms with Gasteiger partial charge in [-0.25, -0.2) is 0 Å². The molecule has 1 saturated heterocycles. The molecule has 25 heavy (non-hydrogen) atoms. The molecule has 0 atom stereocenters. The average molecular weight is 337 g/mol. The molecule has 0 spiro atoms. The Bertz CT molecular complexity index is 733. The minimum absolute atomic E-state index is 0.603. The number of anilines is 3. The fourth-order valence-corrected chi connectivity index (χ4v) is 2.92. The lowest BCUT2D eigenvalue weighted by Gasteiger charge is -2.28. The largest absolute Gasteiger partial charge is 0.372 e. The van der Waals surface area contributed by atoms with Crippen molar-refractivity contribution in [3.63, 3.8) is 0 Å². The third kappa shape index (κ3) is 4.59. The molecular weight excluding hydrogens is 314 g/mol. The minimum atomic E-state index is -0.677. The summed E-state index contributed by atoms with van der Waals surface area (Å²) in [6, 6.07) is 14.9. The van der Waals surface area contributed by atoms with Gasteiger partial charge in [-0.05, 0) is 62.6 Å². The first-order valence-corrected chi connectivity index (χ1v) is 8.66. The summed E-state index contributed by atoms with van der Waals surface area (Å²) < 4.78 is 0. The summed E-state index contributed by atoms with van der Waals surface area (Å²) in [7, 11) is 0. The Morgan fingerprint density at radius 3 is 1.76 bits per heavy atom. The molecule has 2 aromatic carbocycles. The Hall–Kier alpha value is -2.82. The van der Waals surface area contributed by atoms with Gasteiger partial charge < -0.3 is 15.5 Å². The monoisotopic (exact) mass is 337 g/mol. The van der Waals surface area contributed by atoms with Gasteiger partial charge in [0.15, 0.2) is 0 Å². The molecule has 0 unspecified atom stereocenters. The molecule has 5 nitrogen and oxygen atoms in total. The van der Waals surface area contributed by atoms with E-state index < -0.39 is 11.8 Å². The van der Waals surface area contributed by atoms with Crippen molar-refractivity contribution in [2.24, 2.45) is 0 Å². The smallest absolute Gasteiger partial charge is 0.314 e. The van der Waals surface area contributed by atoms with Gasteiger partial charge in [0.2, 0.25) is 0 Å². The third-order valence-corrected chi connectivity index (χ3v) is 4.36. The van der Waals surface area contributed by atoms with E-state index in [0.717, 1.165) is 24.3 Å². The zero-order valence-corrected chi connectivity index (χ0v) is 14.4. The number of rotatable bonds is 3. The molecule has 0 aromatic heterocycles. The molecule has 0 bridgehead atoms. The van der Waals surface area contributed by atoms with Crippen molar-refractivity contribution in [2.45, 2.75) is 26.2 Å². The number of nitrogens with zero attached hydrogens (tertiary/aromatic N) is 1. The summed E-state index contributed by atoms with van der Waals surface area (Å²) in [5.41, 5.74) is 3.47.